The van der Waals surface area contributed by atoms with Crippen LogP contribution in [-0.4, -0.2) is 6.16 Å². The lowest BCUT2D eigenvalue weighted by molar-refractivity contribution is 0.329. The van der Waals surface area contributed by atoms with E-state index in [1.165, 1.54) is 29.3 Å². The Balaban J connectivity index is 0.00000168. The molecule has 3 heteroatoms. The van der Waals surface area contributed by atoms with Gasteiger partial charge in [0.05, 0.1) is 5.28 Å². The standard InChI is InChI=1S/C23H22NP.ClH/c1-4-10-19(11-5-1)18-22(20-12-6-2-7-13-20)16-17-25-23(22,24-25)21-14-8-3-9-15-21;/h1-15,24H,16-18H2;1H. The first-order valence-electron chi connectivity index (χ1n) is 9.06. The van der Waals surface area contributed by atoms with Crippen molar-refractivity contribution < 1.29 is 0 Å². The van der Waals surface area contributed by atoms with Crippen molar-refractivity contribution in [2.24, 2.45) is 0 Å². The van der Waals surface area contributed by atoms with Crippen molar-refractivity contribution in [2.75, 3.05) is 6.16 Å². The molecule has 1 N–H and O–H groups in total. The van der Waals surface area contributed by atoms with Crippen LogP contribution in [0.2, 0.25) is 0 Å². The summed E-state index contributed by atoms with van der Waals surface area (Å²) in [5.74, 6) is 0. The highest BCUT2D eigenvalue weighted by atomic mass is 35.5. The van der Waals surface area contributed by atoms with Gasteiger partial charge in [0.25, 0.3) is 0 Å². The Kier molecular flexibility index (Phi) is 4.65. The van der Waals surface area contributed by atoms with E-state index >= 15 is 0 Å². The number of halogens is 1. The third kappa shape index (κ3) is 2.54. The minimum Gasteiger partial charge on any atom is -0.278 e. The second-order valence-corrected chi connectivity index (χ2v) is 9.40. The van der Waals surface area contributed by atoms with E-state index in [9.17, 15) is 0 Å². The number of nitrogens with one attached hydrogen (secondary N) is 1. The SMILES string of the molecule is Cl.c1ccc(CC2(c3ccccc3)CCP3NC32c2ccccc2)cc1. The molecule has 2 aliphatic heterocycles. The van der Waals surface area contributed by atoms with Crippen LogP contribution >= 0.6 is 20.5 Å². The Morgan fingerprint density at radius 1 is 0.731 bits per heavy atom. The summed E-state index contributed by atoms with van der Waals surface area (Å²) in [5.41, 5.74) is 4.53. The Hall–Kier alpha value is -1.66. The Morgan fingerprint density at radius 2 is 1.27 bits per heavy atom. The molecule has 5 rings (SSSR count). The first kappa shape index (κ1) is 17.7. The van der Waals surface area contributed by atoms with Crippen molar-refractivity contribution in [3.05, 3.63) is 108 Å². The van der Waals surface area contributed by atoms with E-state index < -0.39 is 0 Å². The van der Waals surface area contributed by atoms with Gasteiger partial charge in [0.1, 0.15) is 0 Å². The molecule has 3 unspecified atom stereocenters. The first-order chi connectivity index (χ1) is 12.4. The zero-order valence-electron chi connectivity index (χ0n) is 14.6. The molecule has 0 amide bonds. The topological polar surface area (TPSA) is 21.9 Å². The average Bonchev–Trinajstić information content (AvgIpc) is 3.36. The summed E-state index contributed by atoms with van der Waals surface area (Å²) >= 11 is 0. The third-order valence-electron chi connectivity index (χ3n) is 5.97. The highest BCUT2D eigenvalue weighted by molar-refractivity contribution is 7.64. The highest BCUT2D eigenvalue weighted by Crippen LogP contribution is 2.81. The van der Waals surface area contributed by atoms with Gasteiger partial charge < -0.3 is 0 Å². The summed E-state index contributed by atoms with van der Waals surface area (Å²) in [6.45, 7) is 0. The number of hydrogen-bond donors (Lipinski definition) is 1. The summed E-state index contributed by atoms with van der Waals surface area (Å²) in [7, 11) is -0.117. The van der Waals surface area contributed by atoms with E-state index in [2.05, 4.69) is 96.1 Å². The van der Waals surface area contributed by atoms with Crippen LogP contribution in [0, 0.1) is 0 Å². The molecule has 0 aromatic heterocycles. The minimum atomic E-state index is -0.117. The maximum absolute atomic E-state index is 3.97. The molecule has 3 aromatic carbocycles. The van der Waals surface area contributed by atoms with Gasteiger partial charge in [0, 0.05) is 5.41 Å². The Labute approximate surface area is 163 Å². The zero-order valence-corrected chi connectivity index (χ0v) is 16.3. The van der Waals surface area contributed by atoms with Crippen LogP contribution in [0.5, 0.6) is 0 Å². The molecule has 2 aliphatic rings. The molecule has 0 radical (unpaired) electrons. The van der Waals surface area contributed by atoms with Gasteiger partial charge in [-0.15, -0.1) is 12.4 Å². The quantitative estimate of drug-likeness (QED) is 0.446. The predicted molar refractivity (Wildman–Crippen MR) is 113 cm³/mol. The molecular weight excluding hydrogens is 357 g/mol. The van der Waals surface area contributed by atoms with Gasteiger partial charge in [0.15, 0.2) is 0 Å². The van der Waals surface area contributed by atoms with Crippen LogP contribution in [0.1, 0.15) is 23.1 Å². The van der Waals surface area contributed by atoms with Crippen molar-refractivity contribution in [1.82, 2.24) is 5.09 Å². The van der Waals surface area contributed by atoms with Gasteiger partial charge in [-0.2, -0.15) is 0 Å². The van der Waals surface area contributed by atoms with E-state index in [1.54, 1.807) is 0 Å². The molecule has 0 saturated carbocycles. The van der Waals surface area contributed by atoms with Crippen molar-refractivity contribution in [3.63, 3.8) is 0 Å². The fourth-order valence-electron chi connectivity index (χ4n) is 4.79. The second kappa shape index (κ2) is 6.82. The fourth-order valence-corrected chi connectivity index (χ4v) is 8.04. The fraction of sp³-hybridized carbons (Fsp3) is 0.217. The molecule has 1 nitrogen and oxygen atoms in total. The molecule has 0 bridgehead atoms. The minimum absolute atomic E-state index is 0. The molecular formula is C23H23ClNP. The molecule has 3 atom stereocenters. The van der Waals surface area contributed by atoms with Gasteiger partial charge in [0.2, 0.25) is 0 Å². The first-order valence-corrected chi connectivity index (χ1v) is 10.6. The van der Waals surface area contributed by atoms with Gasteiger partial charge in [-0.05, 0) is 43.8 Å². The van der Waals surface area contributed by atoms with Crippen LogP contribution in [0.3, 0.4) is 0 Å². The maximum Gasteiger partial charge on any atom is 0.0904 e. The van der Waals surface area contributed by atoms with E-state index in [-0.39, 0.29) is 31.2 Å². The summed E-state index contributed by atoms with van der Waals surface area (Å²) in [5, 5.41) is 4.11. The summed E-state index contributed by atoms with van der Waals surface area (Å²) in [4.78, 5) is 0. The maximum atomic E-state index is 3.97. The van der Waals surface area contributed by atoms with E-state index in [4.69, 9.17) is 0 Å². The smallest absolute Gasteiger partial charge is 0.0904 e. The van der Waals surface area contributed by atoms with Gasteiger partial charge >= 0.3 is 0 Å². The van der Waals surface area contributed by atoms with Crippen molar-refractivity contribution in [3.8, 4) is 0 Å². The largest absolute Gasteiger partial charge is 0.278 e. The highest BCUT2D eigenvalue weighted by Gasteiger charge is 2.71. The van der Waals surface area contributed by atoms with E-state index in [1.807, 2.05) is 0 Å². The zero-order chi connectivity index (χ0) is 16.7. The molecule has 0 aliphatic carbocycles. The lowest BCUT2D eigenvalue weighted by Gasteiger charge is -2.39. The van der Waals surface area contributed by atoms with E-state index in [0.717, 1.165) is 6.42 Å². The average molecular weight is 380 g/mol. The van der Waals surface area contributed by atoms with Crippen molar-refractivity contribution in [2.45, 2.75) is 23.5 Å². The monoisotopic (exact) mass is 379 g/mol. The van der Waals surface area contributed by atoms with Gasteiger partial charge in [-0.3, -0.25) is 5.09 Å². The third-order valence-corrected chi connectivity index (χ3v) is 8.63. The lowest BCUT2D eigenvalue weighted by Crippen LogP contribution is -2.42. The van der Waals surface area contributed by atoms with Crippen LogP contribution in [0.15, 0.2) is 91.0 Å². The van der Waals surface area contributed by atoms with Gasteiger partial charge in [-0.25, -0.2) is 0 Å². The van der Waals surface area contributed by atoms with Gasteiger partial charge in [-0.1, -0.05) is 91.0 Å². The molecule has 2 fully saturated rings. The molecule has 3 aromatic rings. The molecule has 0 spiro atoms. The normalized spacial score (nSPS) is 28.8. The summed E-state index contributed by atoms with van der Waals surface area (Å²) in [6, 6.07) is 33.4. The lowest BCUT2D eigenvalue weighted by atomic mass is 9.66. The Bertz CT molecular complexity index is 870. The number of fused-ring (bicyclic) bond motifs is 1. The van der Waals surface area contributed by atoms with Crippen LogP contribution in [0.25, 0.3) is 0 Å². The van der Waals surface area contributed by atoms with Crippen LogP contribution < -0.4 is 5.09 Å². The number of benzene rings is 3. The molecule has 132 valence electrons. The van der Waals surface area contributed by atoms with E-state index in [0.29, 0.717) is 0 Å². The molecule has 26 heavy (non-hydrogen) atoms. The van der Waals surface area contributed by atoms with Crippen LogP contribution in [0.4, 0.5) is 0 Å². The van der Waals surface area contributed by atoms with Crippen LogP contribution in [-0.2, 0) is 17.1 Å². The van der Waals surface area contributed by atoms with Crippen molar-refractivity contribution in [1.29, 1.82) is 0 Å². The Morgan fingerprint density at radius 3 is 1.85 bits per heavy atom. The second-order valence-electron chi connectivity index (χ2n) is 7.20. The molecule has 2 heterocycles. The van der Waals surface area contributed by atoms with Crippen molar-refractivity contribution >= 4 is 20.5 Å². The number of hydrogen-bond acceptors (Lipinski definition) is 1. The molecule has 2 saturated heterocycles. The predicted octanol–water partition coefficient (Wildman–Crippen LogP) is 5.85. The number of rotatable bonds is 4. The summed E-state index contributed by atoms with van der Waals surface area (Å²) < 4.78 is 0. The summed E-state index contributed by atoms with van der Waals surface area (Å²) in [6.07, 6.45) is 3.67.